The number of H-pyrrole nitrogens is 1. The van der Waals surface area contributed by atoms with E-state index in [1.165, 1.54) is 11.8 Å². The lowest BCUT2D eigenvalue weighted by Crippen LogP contribution is -2.27. The summed E-state index contributed by atoms with van der Waals surface area (Å²) < 4.78 is 7.12. The first-order valence-corrected chi connectivity index (χ1v) is 9.33. The summed E-state index contributed by atoms with van der Waals surface area (Å²) in [4.78, 5) is 24.0. The fraction of sp³-hybridized carbons (Fsp3) is 0.471. The number of carbonyl (C=O) groups is 1. The van der Waals surface area contributed by atoms with E-state index in [1.54, 1.807) is 4.57 Å². The van der Waals surface area contributed by atoms with Gasteiger partial charge >= 0.3 is 5.69 Å². The van der Waals surface area contributed by atoms with E-state index in [2.05, 4.69) is 15.5 Å². The van der Waals surface area contributed by atoms with E-state index in [9.17, 15) is 9.59 Å². The Morgan fingerprint density at radius 3 is 3.08 bits per heavy atom. The van der Waals surface area contributed by atoms with Gasteiger partial charge in [-0.2, -0.15) is 0 Å². The maximum absolute atomic E-state index is 12.1. The SMILES string of the molecule is Cc1ccccc1CNC(=O)CSc1n[nH]c(=O)n1C[C@H]1CCCO1. The molecule has 0 unspecified atom stereocenters. The first-order valence-electron chi connectivity index (χ1n) is 8.34. The van der Waals surface area contributed by atoms with Crippen LogP contribution in [0.15, 0.2) is 34.2 Å². The van der Waals surface area contributed by atoms with Gasteiger partial charge in [0.2, 0.25) is 5.91 Å². The maximum atomic E-state index is 12.1. The Bertz CT molecular complexity index is 780. The predicted molar refractivity (Wildman–Crippen MR) is 95.6 cm³/mol. The molecule has 25 heavy (non-hydrogen) atoms. The number of aromatic amines is 1. The Hall–Kier alpha value is -2.06. The Labute approximate surface area is 150 Å². The highest BCUT2D eigenvalue weighted by molar-refractivity contribution is 7.99. The molecule has 2 aromatic rings. The monoisotopic (exact) mass is 362 g/mol. The van der Waals surface area contributed by atoms with Gasteiger partial charge in [0.1, 0.15) is 0 Å². The highest BCUT2D eigenvalue weighted by Crippen LogP contribution is 2.18. The number of nitrogens with one attached hydrogen (secondary N) is 2. The van der Waals surface area contributed by atoms with Gasteiger partial charge in [-0.1, -0.05) is 36.0 Å². The van der Waals surface area contributed by atoms with Crippen molar-refractivity contribution in [2.45, 2.75) is 44.1 Å². The highest BCUT2D eigenvalue weighted by atomic mass is 32.2. The van der Waals surface area contributed by atoms with Crippen LogP contribution in [0.1, 0.15) is 24.0 Å². The third-order valence-electron chi connectivity index (χ3n) is 4.20. The molecule has 1 amide bonds. The van der Waals surface area contributed by atoms with Gasteiger partial charge in [0.15, 0.2) is 5.16 Å². The van der Waals surface area contributed by atoms with Crippen molar-refractivity contribution in [2.75, 3.05) is 12.4 Å². The normalized spacial score (nSPS) is 16.9. The van der Waals surface area contributed by atoms with Crippen molar-refractivity contribution in [1.82, 2.24) is 20.1 Å². The molecule has 3 rings (SSSR count). The van der Waals surface area contributed by atoms with Crippen molar-refractivity contribution in [3.05, 3.63) is 45.9 Å². The van der Waals surface area contributed by atoms with Crippen LogP contribution in [-0.2, 0) is 22.6 Å². The number of amides is 1. The minimum Gasteiger partial charge on any atom is -0.376 e. The van der Waals surface area contributed by atoms with Crippen LogP contribution in [0.2, 0.25) is 0 Å². The zero-order valence-corrected chi connectivity index (χ0v) is 15.0. The molecule has 7 nitrogen and oxygen atoms in total. The van der Waals surface area contributed by atoms with Crippen LogP contribution in [-0.4, -0.2) is 39.1 Å². The highest BCUT2D eigenvalue weighted by Gasteiger charge is 2.20. The van der Waals surface area contributed by atoms with Crippen molar-refractivity contribution in [3.63, 3.8) is 0 Å². The zero-order chi connectivity index (χ0) is 17.6. The van der Waals surface area contributed by atoms with Crippen molar-refractivity contribution in [2.24, 2.45) is 0 Å². The summed E-state index contributed by atoms with van der Waals surface area (Å²) in [6, 6.07) is 7.94. The van der Waals surface area contributed by atoms with E-state index in [4.69, 9.17) is 4.74 Å². The Kier molecular flexibility index (Phi) is 5.93. The number of ether oxygens (including phenoxy) is 1. The summed E-state index contributed by atoms with van der Waals surface area (Å²) >= 11 is 1.25. The fourth-order valence-corrected chi connectivity index (χ4v) is 3.54. The Balaban J connectivity index is 1.52. The van der Waals surface area contributed by atoms with Gasteiger partial charge in [0.05, 0.1) is 18.4 Å². The molecule has 134 valence electrons. The standard InChI is InChI=1S/C17H22N4O3S/c1-12-5-2-3-6-13(12)9-18-15(22)11-25-17-20-19-16(23)21(17)10-14-7-4-8-24-14/h2-3,5-6,14H,4,7-11H2,1H3,(H,18,22)(H,19,23)/t14-/m1/s1. The molecule has 1 atom stereocenters. The molecule has 0 aliphatic carbocycles. The third kappa shape index (κ3) is 4.73. The Morgan fingerprint density at radius 2 is 2.32 bits per heavy atom. The van der Waals surface area contributed by atoms with Crippen LogP contribution < -0.4 is 11.0 Å². The minimum absolute atomic E-state index is 0.0459. The molecular formula is C17H22N4O3S. The van der Waals surface area contributed by atoms with E-state index in [0.717, 1.165) is 30.6 Å². The lowest BCUT2D eigenvalue weighted by Gasteiger charge is -2.11. The minimum atomic E-state index is -0.265. The van der Waals surface area contributed by atoms with E-state index < -0.39 is 0 Å². The molecule has 8 heteroatoms. The molecule has 1 aliphatic heterocycles. The van der Waals surface area contributed by atoms with Crippen LogP contribution in [0.4, 0.5) is 0 Å². The van der Waals surface area contributed by atoms with Crippen LogP contribution in [0.3, 0.4) is 0 Å². The molecule has 1 aromatic carbocycles. The molecule has 1 aliphatic rings. The molecule has 0 radical (unpaired) electrons. The van der Waals surface area contributed by atoms with Crippen molar-refractivity contribution >= 4 is 17.7 Å². The van der Waals surface area contributed by atoms with Gasteiger partial charge in [-0.15, -0.1) is 5.10 Å². The fourth-order valence-electron chi connectivity index (χ4n) is 2.75. The van der Waals surface area contributed by atoms with Crippen molar-refractivity contribution in [3.8, 4) is 0 Å². The van der Waals surface area contributed by atoms with E-state index in [0.29, 0.717) is 18.2 Å². The van der Waals surface area contributed by atoms with Crippen LogP contribution in [0.5, 0.6) is 0 Å². The summed E-state index contributed by atoms with van der Waals surface area (Å²) in [5, 5.41) is 9.88. The Morgan fingerprint density at radius 1 is 1.48 bits per heavy atom. The number of carbonyl (C=O) groups excluding carboxylic acids is 1. The van der Waals surface area contributed by atoms with Crippen molar-refractivity contribution in [1.29, 1.82) is 0 Å². The second-order valence-corrected chi connectivity index (χ2v) is 6.99. The van der Waals surface area contributed by atoms with E-state index in [-0.39, 0.29) is 23.5 Å². The predicted octanol–water partition coefficient (Wildman–Crippen LogP) is 1.47. The first-order chi connectivity index (χ1) is 12.1. The summed E-state index contributed by atoms with van der Waals surface area (Å²) in [5.41, 5.74) is 1.97. The smallest absolute Gasteiger partial charge is 0.344 e. The zero-order valence-electron chi connectivity index (χ0n) is 14.2. The van der Waals surface area contributed by atoms with Gasteiger partial charge in [-0.3, -0.25) is 9.36 Å². The first kappa shape index (κ1) is 17.8. The van der Waals surface area contributed by atoms with Gasteiger partial charge in [-0.25, -0.2) is 9.89 Å². The third-order valence-corrected chi connectivity index (χ3v) is 5.18. The lowest BCUT2D eigenvalue weighted by molar-refractivity contribution is -0.118. The summed E-state index contributed by atoms with van der Waals surface area (Å²) in [7, 11) is 0. The molecule has 2 heterocycles. The molecule has 1 saturated heterocycles. The maximum Gasteiger partial charge on any atom is 0.344 e. The number of rotatable bonds is 7. The molecule has 0 spiro atoms. The van der Waals surface area contributed by atoms with Gasteiger partial charge in [0.25, 0.3) is 0 Å². The molecule has 1 aromatic heterocycles. The molecule has 0 saturated carbocycles. The van der Waals surface area contributed by atoms with Crippen LogP contribution in [0, 0.1) is 6.92 Å². The number of hydrogen-bond donors (Lipinski definition) is 2. The largest absolute Gasteiger partial charge is 0.376 e. The topological polar surface area (TPSA) is 89.0 Å². The van der Waals surface area contributed by atoms with Crippen molar-refractivity contribution < 1.29 is 9.53 Å². The van der Waals surface area contributed by atoms with Crippen LogP contribution >= 0.6 is 11.8 Å². The average Bonchev–Trinajstić information content (AvgIpc) is 3.24. The molecule has 0 bridgehead atoms. The number of aryl methyl sites for hydroxylation is 1. The second kappa shape index (κ2) is 8.35. The molecule has 1 fully saturated rings. The van der Waals surface area contributed by atoms with Gasteiger partial charge < -0.3 is 10.1 Å². The number of hydrogen-bond acceptors (Lipinski definition) is 5. The molecule has 2 N–H and O–H groups in total. The quantitative estimate of drug-likeness (QED) is 0.728. The number of nitrogens with zero attached hydrogens (tertiary/aromatic N) is 2. The number of benzene rings is 1. The lowest BCUT2D eigenvalue weighted by atomic mass is 10.1. The number of thioether (sulfide) groups is 1. The second-order valence-electron chi connectivity index (χ2n) is 6.05. The van der Waals surface area contributed by atoms with E-state index >= 15 is 0 Å². The average molecular weight is 362 g/mol. The molecular weight excluding hydrogens is 340 g/mol. The number of aromatic nitrogens is 3. The van der Waals surface area contributed by atoms with Gasteiger partial charge in [0, 0.05) is 13.2 Å². The van der Waals surface area contributed by atoms with Crippen LogP contribution in [0.25, 0.3) is 0 Å². The van der Waals surface area contributed by atoms with E-state index in [1.807, 2.05) is 31.2 Å². The summed E-state index contributed by atoms with van der Waals surface area (Å²) in [6.45, 7) is 3.72. The summed E-state index contributed by atoms with van der Waals surface area (Å²) in [6.07, 6.45) is 2.00. The summed E-state index contributed by atoms with van der Waals surface area (Å²) in [5.74, 6) is 0.120. The van der Waals surface area contributed by atoms with Gasteiger partial charge in [-0.05, 0) is 30.9 Å².